The van der Waals surface area contributed by atoms with Crippen molar-refractivity contribution in [1.29, 1.82) is 0 Å². The first-order valence-electron chi connectivity index (χ1n) is 15.5. The first-order chi connectivity index (χ1) is 20.4. The zero-order chi connectivity index (χ0) is 29.9. The van der Waals surface area contributed by atoms with Gasteiger partial charge in [-0.15, -0.1) is 0 Å². The Kier molecular flexibility index (Phi) is 5.52. The Morgan fingerprint density at radius 2 is 1.56 bits per heavy atom. The maximum atomic E-state index is 14.6. The van der Waals surface area contributed by atoms with E-state index in [1.807, 2.05) is 30.0 Å². The fraction of sp³-hybridized carbons (Fsp3) is 0.559. The average Bonchev–Trinajstić information content (AvgIpc) is 3.65. The van der Waals surface area contributed by atoms with Gasteiger partial charge in [0.1, 0.15) is 11.1 Å². The van der Waals surface area contributed by atoms with Gasteiger partial charge in [-0.25, -0.2) is 4.39 Å². The summed E-state index contributed by atoms with van der Waals surface area (Å²) in [7, 11) is 0. The van der Waals surface area contributed by atoms with Gasteiger partial charge in [0.15, 0.2) is 5.82 Å². The number of amides is 1. The predicted molar refractivity (Wildman–Crippen MR) is 152 cm³/mol. The quantitative estimate of drug-likeness (QED) is 0.260. The minimum atomic E-state index is -4.39. The van der Waals surface area contributed by atoms with E-state index in [0.717, 1.165) is 55.3 Å². The molecule has 2 aromatic carbocycles. The molecular weight excluding hydrogens is 558 g/mol. The molecule has 0 aliphatic heterocycles. The fourth-order valence-corrected chi connectivity index (χ4v) is 8.61. The van der Waals surface area contributed by atoms with Crippen LogP contribution in [0.1, 0.15) is 87.9 Å². The molecule has 9 heteroatoms. The molecule has 1 amide bonds. The van der Waals surface area contributed by atoms with Crippen LogP contribution in [0.2, 0.25) is 0 Å². The van der Waals surface area contributed by atoms with E-state index < -0.39 is 22.7 Å². The topological polar surface area (TPSA) is 59.2 Å². The number of carbonyl (C=O) groups is 1. The highest BCUT2D eigenvalue weighted by Gasteiger charge is 2.74. The first-order valence-corrected chi connectivity index (χ1v) is 15.5. The number of benzene rings is 2. The lowest BCUT2D eigenvalue weighted by atomic mass is 9.41. The highest BCUT2D eigenvalue weighted by Crippen LogP contribution is 2.70. The van der Waals surface area contributed by atoms with Gasteiger partial charge in [-0.05, 0) is 106 Å². The van der Waals surface area contributed by atoms with Crippen LogP contribution in [-0.2, 0) is 15.6 Å². The molecule has 43 heavy (non-hydrogen) atoms. The normalized spacial score (nSPS) is 33.4. The van der Waals surface area contributed by atoms with Crippen LogP contribution >= 0.6 is 0 Å². The van der Waals surface area contributed by atoms with Crippen molar-refractivity contribution in [3.63, 3.8) is 0 Å². The Hall–Kier alpha value is -3.23. The second kappa shape index (κ2) is 8.69. The van der Waals surface area contributed by atoms with Crippen molar-refractivity contribution in [2.24, 2.45) is 10.8 Å². The number of halogens is 4. The second-order valence-electron chi connectivity index (χ2n) is 14.6. The highest BCUT2D eigenvalue weighted by molar-refractivity contribution is 6.00. The summed E-state index contributed by atoms with van der Waals surface area (Å²) in [6.45, 7) is 2.60. The standard InChI is InChI=1S/C34H35F4N3O2/c1-22-5-7-23(8-6-22)24-3-2-4-25(17-24)41(28(42)31-18-32(35,19-31)20-31)21-29-9-12-30(13-10-29,14-11-29)26-39-27(43-40-26)33(15-16-33)34(36,37)38/h2-8,17H,9-16,18-21H2,1H3. The van der Waals surface area contributed by atoms with Gasteiger partial charge in [-0.3, -0.25) is 4.79 Å². The molecular formula is C34H35F4N3O2. The van der Waals surface area contributed by atoms with Crippen molar-refractivity contribution >= 4 is 11.6 Å². The second-order valence-corrected chi connectivity index (χ2v) is 14.6. The number of rotatable bonds is 7. The van der Waals surface area contributed by atoms with E-state index in [2.05, 4.69) is 40.5 Å². The molecule has 0 atom stereocenters. The number of hydrogen-bond donors (Lipinski definition) is 0. The molecule has 7 fully saturated rings. The van der Waals surface area contributed by atoms with Gasteiger partial charge >= 0.3 is 6.18 Å². The monoisotopic (exact) mass is 593 g/mol. The zero-order valence-electron chi connectivity index (χ0n) is 24.3. The Morgan fingerprint density at radius 3 is 2.14 bits per heavy atom. The lowest BCUT2D eigenvalue weighted by molar-refractivity contribution is -0.211. The van der Waals surface area contributed by atoms with Gasteiger partial charge in [-0.1, -0.05) is 47.1 Å². The number of hydrogen-bond acceptors (Lipinski definition) is 4. The molecule has 0 saturated heterocycles. The minimum absolute atomic E-state index is 0.00572. The molecule has 1 aromatic heterocycles. The number of aryl methyl sites for hydroxylation is 1. The third-order valence-corrected chi connectivity index (χ3v) is 11.7. The van der Waals surface area contributed by atoms with Crippen molar-refractivity contribution in [3.05, 3.63) is 65.8 Å². The van der Waals surface area contributed by atoms with E-state index in [1.165, 1.54) is 5.56 Å². The third-order valence-electron chi connectivity index (χ3n) is 11.7. The predicted octanol–water partition coefficient (Wildman–Crippen LogP) is 8.16. The third kappa shape index (κ3) is 4.05. The van der Waals surface area contributed by atoms with Crippen LogP contribution < -0.4 is 4.90 Å². The van der Waals surface area contributed by atoms with Crippen molar-refractivity contribution in [3.8, 4) is 11.1 Å². The molecule has 0 unspecified atom stereocenters. The SMILES string of the molecule is Cc1ccc(-c2cccc(N(CC34CCC(c5noc(C6(C(F)(F)F)CC6)n5)(CC3)CC4)C(=O)C34CC(F)(C3)C4)c2)cc1. The van der Waals surface area contributed by atoms with Crippen LogP contribution in [0.15, 0.2) is 53.1 Å². The van der Waals surface area contributed by atoms with E-state index >= 15 is 0 Å². The summed E-state index contributed by atoms with van der Waals surface area (Å²) in [6.07, 6.45) is 1.22. The van der Waals surface area contributed by atoms with Gasteiger partial charge in [0, 0.05) is 17.6 Å². The average molecular weight is 594 g/mol. The van der Waals surface area contributed by atoms with E-state index in [4.69, 9.17) is 4.52 Å². The largest absolute Gasteiger partial charge is 0.403 e. The molecule has 7 aliphatic rings. The molecule has 5 nitrogen and oxygen atoms in total. The molecule has 1 heterocycles. The van der Waals surface area contributed by atoms with E-state index in [0.29, 0.717) is 31.6 Å². The Balaban J connectivity index is 1.05. The number of fused-ring (bicyclic) bond motifs is 3. The summed E-state index contributed by atoms with van der Waals surface area (Å²) < 4.78 is 60.9. The number of carbonyl (C=O) groups excluding carboxylic acids is 1. The summed E-state index contributed by atoms with van der Waals surface area (Å²) in [6, 6.07) is 16.4. The summed E-state index contributed by atoms with van der Waals surface area (Å²) in [4.78, 5) is 20.5. The maximum absolute atomic E-state index is 14.6. The molecule has 0 spiro atoms. The van der Waals surface area contributed by atoms with Gasteiger partial charge in [0.25, 0.3) is 0 Å². The van der Waals surface area contributed by atoms with Crippen LogP contribution in [0.25, 0.3) is 11.1 Å². The van der Waals surface area contributed by atoms with Gasteiger partial charge in [0.05, 0.1) is 5.41 Å². The van der Waals surface area contributed by atoms with Crippen LogP contribution in [0, 0.1) is 17.8 Å². The number of anilines is 1. The molecule has 226 valence electrons. The van der Waals surface area contributed by atoms with Gasteiger partial charge in [-0.2, -0.15) is 18.2 Å². The van der Waals surface area contributed by atoms with Crippen LogP contribution in [0.3, 0.4) is 0 Å². The Morgan fingerprint density at radius 1 is 0.907 bits per heavy atom. The van der Waals surface area contributed by atoms with Crippen molar-refractivity contribution in [2.45, 2.75) is 100 Å². The van der Waals surface area contributed by atoms with E-state index in [1.54, 1.807) is 0 Å². The summed E-state index contributed by atoms with van der Waals surface area (Å²) >= 11 is 0. The summed E-state index contributed by atoms with van der Waals surface area (Å²) in [5, 5.41) is 4.11. The smallest absolute Gasteiger partial charge is 0.338 e. The first kappa shape index (κ1) is 27.3. The molecule has 10 rings (SSSR count). The molecule has 7 saturated carbocycles. The lowest BCUT2D eigenvalue weighted by Crippen LogP contribution is -2.71. The molecule has 4 bridgehead atoms. The van der Waals surface area contributed by atoms with Crippen molar-refractivity contribution in [1.82, 2.24) is 10.1 Å². The van der Waals surface area contributed by atoms with Crippen LogP contribution in [-0.4, -0.2) is 34.4 Å². The van der Waals surface area contributed by atoms with E-state index in [9.17, 15) is 22.4 Å². The summed E-state index contributed by atoms with van der Waals surface area (Å²) in [5.74, 6) is 0.142. The van der Waals surface area contributed by atoms with E-state index in [-0.39, 0.29) is 35.5 Å². The minimum Gasteiger partial charge on any atom is -0.338 e. The molecule has 0 N–H and O–H groups in total. The number of alkyl halides is 4. The van der Waals surface area contributed by atoms with Crippen molar-refractivity contribution < 1.29 is 26.9 Å². The van der Waals surface area contributed by atoms with Crippen molar-refractivity contribution in [2.75, 3.05) is 11.4 Å². The maximum Gasteiger partial charge on any atom is 0.403 e. The van der Waals surface area contributed by atoms with Gasteiger partial charge in [0.2, 0.25) is 11.8 Å². The Bertz CT molecular complexity index is 1560. The van der Waals surface area contributed by atoms with Gasteiger partial charge < -0.3 is 9.42 Å². The Labute approximate surface area is 248 Å². The van der Waals surface area contributed by atoms with Crippen LogP contribution in [0.4, 0.5) is 23.2 Å². The molecule has 3 aromatic rings. The number of aromatic nitrogens is 2. The van der Waals surface area contributed by atoms with Crippen LogP contribution in [0.5, 0.6) is 0 Å². The molecule has 7 aliphatic carbocycles. The zero-order valence-corrected chi connectivity index (χ0v) is 24.3. The summed E-state index contributed by atoms with van der Waals surface area (Å²) in [5.41, 5.74) is -0.149. The fourth-order valence-electron chi connectivity index (χ4n) is 8.61. The number of nitrogens with zero attached hydrogens (tertiary/aromatic N) is 3. The highest BCUT2D eigenvalue weighted by atomic mass is 19.4. The molecule has 0 radical (unpaired) electrons. The lowest BCUT2D eigenvalue weighted by Gasteiger charge is -2.65.